The van der Waals surface area contributed by atoms with Gasteiger partial charge in [0.05, 0.1) is 10.2 Å². The average molecular weight is 470 g/mol. The highest BCUT2D eigenvalue weighted by Gasteiger charge is 2.27. The van der Waals surface area contributed by atoms with Gasteiger partial charge in [-0.3, -0.25) is 4.99 Å². The van der Waals surface area contributed by atoms with Crippen molar-refractivity contribution < 1.29 is 9.90 Å². The molecule has 5 nitrogen and oxygen atoms in total. The average Bonchev–Trinajstić information content (AvgIpc) is 3.47. The Labute approximate surface area is 198 Å². The van der Waals surface area contributed by atoms with Crippen LogP contribution in [0.3, 0.4) is 0 Å². The van der Waals surface area contributed by atoms with Crippen molar-refractivity contribution in [2.24, 2.45) is 10.9 Å². The minimum Gasteiger partial charge on any atom is -0.480 e. The maximum absolute atomic E-state index is 11.2. The molecular formula is C25H31N3O2S2. The summed E-state index contributed by atoms with van der Waals surface area (Å²) in [6, 6.07) is 5.99. The van der Waals surface area contributed by atoms with Crippen LogP contribution in [0.1, 0.15) is 62.8 Å². The van der Waals surface area contributed by atoms with Crippen LogP contribution in [0.4, 0.5) is 5.69 Å². The van der Waals surface area contributed by atoms with Crippen LogP contribution in [0.25, 0.3) is 10.2 Å². The number of carboxylic acids is 1. The van der Waals surface area contributed by atoms with E-state index in [9.17, 15) is 9.90 Å². The van der Waals surface area contributed by atoms with Gasteiger partial charge in [-0.05, 0) is 62.6 Å². The number of aromatic nitrogens is 1. The molecule has 0 spiro atoms. The number of benzene rings is 1. The van der Waals surface area contributed by atoms with Crippen LogP contribution in [0.2, 0.25) is 0 Å². The highest BCUT2D eigenvalue weighted by molar-refractivity contribution is 8.15. The Morgan fingerprint density at radius 3 is 2.78 bits per heavy atom. The number of allylic oxidation sites excluding steroid dienone is 1. The van der Waals surface area contributed by atoms with Crippen LogP contribution in [0.15, 0.2) is 34.8 Å². The summed E-state index contributed by atoms with van der Waals surface area (Å²) in [6.45, 7) is 2.17. The smallest absolute Gasteiger partial charge is 0.329 e. The zero-order valence-corrected chi connectivity index (χ0v) is 20.1. The van der Waals surface area contributed by atoms with Gasteiger partial charge in [0.1, 0.15) is 10.1 Å². The van der Waals surface area contributed by atoms with Crippen LogP contribution >= 0.6 is 23.1 Å². The van der Waals surface area contributed by atoms with Crippen LogP contribution in [-0.2, 0) is 4.79 Å². The fourth-order valence-corrected chi connectivity index (χ4v) is 7.15. The van der Waals surface area contributed by atoms with Gasteiger partial charge in [-0.2, -0.15) is 0 Å². The molecule has 1 unspecified atom stereocenters. The van der Waals surface area contributed by atoms with Gasteiger partial charge in [-0.1, -0.05) is 30.9 Å². The maximum Gasteiger partial charge on any atom is 0.329 e. The number of hydrogen-bond acceptors (Lipinski definition) is 6. The summed E-state index contributed by atoms with van der Waals surface area (Å²) in [4.78, 5) is 23.0. The number of anilines is 1. The topological polar surface area (TPSA) is 65.8 Å². The van der Waals surface area contributed by atoms with Crippen LogP contribution in [0, 0.1) is 5.92 Å². The molecule has 2 aromatic rings. The van der Waals surface area contributed by atoms with E-state index in [-0.39, 0.29) is 0 Å². The number of thioether (sulfide) groups is 1. The highest BCUT2D eigenvalue weighted by Crippen LogP contribution is 2.34. The van der Waals surface area contributed by atoms with Gasteiger partial charge in [-0.25, -0.2) is 9.78 Å². The Morgan fingerprint density at radius 1 is 1.16 bits per heavy atom. The van der Waals surface area contributed by atoms with Crippen molar-refractivity contribution in [2.75, 3.05) is 23.7 Å². The molecule has 1 N–H and O–H groups in total. The third kappa shape index (κ3) is 5.04. The molecule has 0 amide bonds. The van der Waals surface area contributed by atoms with Crippen LogP contribution in [0.5, 0.6) is 0 Å². The summed E-state index contributed by atoms with van der Waals surface area (Å²) >= 11 is 3.14. The van der Waals surface area contributed by atoms with E-state index in [1.54, 1.807) is 16.9 Å². The van der Waals surface area contributed by atoms with E-state index in [1.807, 2.05) is 0 Å². The van der Waals surface area contributed by atoms with Crippen molar-refractivity contribution >= 4 is 50.0 Å². The van der Waals surface area contributed by atoms with Crippen molar-refractivity contribution in [3.05, 3.63) is 34.9 Å². The third-order valence-corrected chi connectivity index (χ3v) is 9.05. The molecule has 170 valence electrons. The summed E-state index contributed by atoms with van der Waals surface area (Å²) in [6.07, 6.45) is 14.4. The molecule has 5 rings (SSSR count). The van der Waals surface area contributed by atoms with Gasteiger partial charge in [0, 0.05) is 24.5 Å². The maximum atomic E-state index is 11.2. The summed E-state index contributed by atoms with van der Waals surface area (Å²) in [5.41, 5.74) is 3.85. The molecule has 3 aliphatic rings. The number of rotatable bonds is 7. The fraction of sp³-hybridized carbons (Fsp3) is 0.560. The number of fused-ring (bicyclic) bond motifs is 1. The monoisotopic (exact) mass is 469 g/mol. The standard InChI is InChI=1S/C25H31N3O2S2/c29-25(30)21-16-31-23(27-21)24-26-20-12-11-19(13-22(20)32-24)28(14-17-7-3-1-4-8-17)15-18-9-5-2-6-10-18/h7,11-13,18,21H,1-6,8-10,14-16H2,(H,29,30). The van der Waals surface area contributed by atoms with Gasteiger partial charge in [-0.15, -0.1) is 23.1 Å². The SMILES string of the molecule is O=C(O)C1CSC(c2nc3ccc(N(CC4=CCCCC4)CC4CCCCC4)cc3s2)=N1. The predicted octanol–water partition coefficient (Wildman–Crippen LogP) is 6.13. The van der Waals surface area contributed by atoms with Gasteiger partial charge in [0.25, 0.3) is 0 Å². The quantitative estimate of drug-likeness (QED) is 0.494. The molecule has 0 bridgehead atoms. The Balaban J connectivity index is 1.40. The molecule has 1 atom stereocenters. The Bertz CT molecular complexity index is 1040. The first-order valence-electron chi connectivity index (χ1n) is 11.9. The number of carbonyl (C=O) groups is 1. The second-order valence-corrected chi connectivity index (χ2v) is 11.3. The molecule has 1 aromatic carbocycles. The van der Waals surface area contributed by atoms with E-state index >= 15 is 0 Å². The van der Waals surface area contributed by atoms with E-state index in [0.717, 1.165) is 39.3 Å². The van der Waals surface area contributed by atoms with Crippen molar-refractivity contribution in [3.63, 3.8) is 0 Å². The lowest BCUT2D eigenvalue weighted by molar-refractivity contribution is -0.137. The van der Waals surface area contributed by atoms with Crippen molar-refractivity contribution in [3.8, 4) is 0 Å². The first kappa shape index (κ1) is 22.0. The fourth-order valence-electron chi connectivity index (χ4n) is 5.05. The van der Waals surface area contributed by atoms with Crippen molar-refractivity contribution in [2.45, 2.75) is 63.8 Å². The first-order valence-corrected chi connectivity index (χ1v) is 13.7. The molecular weight excluding hydrogens is 438 g/mol. The summed E-state index contributed by atoms with van der Waals surface area (Å²) in [7, 11) is 0. The third-order valence-electron chi connectivity index (χ3n) is 6.84. The Kier molecular flexibility index (Phi) is 6.83. The number of hydrogen-bond donors (Lipinski definition) is 1. The number of carboxylic acid groups (broad SMARTS) is 1. The summed E-state index contributed by atoms with van der Waals surface area (Å²) in [5.74, 6) is 0.431. The minimum atomic E-state index is -0.855. The molecule has 2 heterocycles. The zero-order valence-electron chi connectivity index (χ0n) is 18.5. The predicted molar refractivity (Wildman–Crippen MR) is 135 cm³/mol. The summed E-state index contributed by atoms with van der Waals surface area (Å²) < 4.78 is 1.16. The molecule has 0 radical (unpaired) electrons. The Morgan fingerprint density at radius 2 is 2.03 bits per heavy atom. The lowest BCUT2D eigenvalue weighted by Gasteiger charge is -2.33. The summed E-state index contributed by atoms with van der Waals surface area (Å²) in [5, 5.41) is 10.9. The molecule has 32 heavy (non-hydrogen) atoms. The van der Waals surface area contributed by atoms with E-state index in [1.165, 1.54) is 75.2 Å². The minimum absolute atomic E-state index is 0.496. The van der Waals surface area contributed by atoms with Crippen molar-refractivity contribution in [1.82, 2.24) is 4.98 Å². The van der Waals surface area contributed by atoms with Crippen LogP contribution < -0.4 is 4.90 Å². The number of aliphatic imine (C=N–C) groups is 1. The highest BCUT2D eigenvalue weighted by atomic mass is 32.2. The molecule has 0 saturated heterocycles. The van der Waals surface area contributed by atoms with Gasteiger partial charge in [0.15, 0.2) is 6.04 Å². The molecule has 1 aromatic heterocycles. The largest absolute Gasteiger partial charge is 0.480 e. The molecule has 2 aliphatic carbocycles. The van der Waals surface area contributed by atoms with E-state index < -0.39 is 12.0 Å². The zero-order chi connectivity index (χ0) is 21.9. The van der Waals surface area contributed by atoms with Gasteiger partial charge < -0.3 is 10.0 Å². The van der Waals surface area contributed by atoms with Gasteiger partial charge >= 0.3 is 5.97 Å². The van der Waals surface area contributed by atoms with E-state index in [4.69, 9.17) is 4.98 Å². The lowest BCUT2D eigenvalue weighted by atomic mass is 9.88. The number of nitrogens with zero attached hydrogens (tertiary/aromatic N) is 3. The number of aliphatic carboxylic acids is 1. The second-order valence-electron chi connectivity index (χ2n) is 9.26. The Hall–Kier alpha value is -1.86. The van der Waals surface area contributed by atoms with Crippen molar-refractivity contribution in [1.29, 1.82) is 0 Å². The van der Waals surface area contributed by atoms with E-state index in [0.29, 0.717) is 5.75 Å². The van der Waals surface area contributed by atoms with Gasteiger partial charge in [0.2, 0.25) is 0 Å². The van der Waals surface area contributed by atoms with E-state index in [2.05, 4.69) is 34.2 Å². The second kappa shape index (κ2) is 9.96. The number of thiazole rings is 1. The lowest BCUT2D eigenvalue weighted by Crippen LogP contribution is -2.32. The van der Waals surface area contributed by atoms with Crippen LogP contribution in [-0.4, -0.2) is 46.0 Å². The molecule has 1 saturated carbocycles. The molecule has 7 heteroatoms. The normalized spacial score (nSPS) is 22.1. The first-order chi connectivity index (χ1) is 15.7. The molecule has 1 aliphatic heterocycles. The molecule has 1 fully saturated rings.